The van der Waals surface area contributed by atoms with Crippen molar-refractivity contribution in [1.29, 1.82) is 0 Å². The molecule has 0 saturated carbocycles. The van der Waals surface area contributed by atoms with Gasteiger partial charge in [0, 0.05) is 17.6 Å². The molecule has 0 atom stereocenters. The van der Waals surface area contributed by atoms with Crippen molar-refractivity contribution in [3.63, 3.8) is 0 Å². The van der Waals surface area contributed by atoms with Crippen LogP contribution in [0.25, 0.3) is 0 Å². The molecule has 1 heterocycles. The number of hydrogen-bond acceptors (Lipinski definition) is 2. The molecule has 0 N–H and O–H groups in total. The highest BCUT2D eigenvalue weighted by Crippen LogP contribution is 2.16. The Morgan fingerprint density at radius 3 is 2.83 bits per heavy atom. The Bertz CT molecular complexity index is 508. The minimum Gasteiger partial charge on any atom is -0.487 e. The standard InChI is InChI=1S/C14H17BrN2O/c1-11(2)17-7-6-13(16-17)10-18-14-5-3-4-12(8-14)9-15/h3-8,11H,9-10H2,1-2H3. The van der Waals surface area contributed by atoms with Gasteiger partial charge in [-0.1, -0.05) is 28.1 Å². The van der Waals surface area contributed by atoms with Gasteiger partial charge < -0.3 is 4.74 Å². The Labute approximate surface area is 116 Å². The second kappa shape index (κ2) is 6.05. The first kappa shape index (κ1) is 13.1. The van der Waals surface area contributed by atoms with E-state index >= 15 is 0 Å². The van der Waals surface area contributed by atoms with Crippen LogP contribution in [0.2, 0.25) is 0 Å². The maximum absolute atomic E-state index is 5.73. The van der Waals surface area contributed by atoms with Gasteiger partial charge in [-0.05, 0) is 37.6 Å². The zero-order chi connectivity index (χ0) is 13.0. The average Bonchev–Trinajstić information content (AvgIpc) is 2.85. The number of halogens is 1. The quantitative estimate of drug-likeness (QED) is 0.782. The van der Waals surface area contributed by atoms with Gasteiger partial charge in [0.2, 0.25) is 0 Å². The maximum atomic E-state index is 5.73. The largest absolute Gasteiger partial charge is 0.487 e. The maximum Gasteiger partial charge on any atom is 0.132 e. The molecule has 4 heteroatoms. The summed E-state index contributed by atoms with van der Waals surface area (Å²) in [7, 11) is 0. The van der Waals surface area contributed by atoms with E-state index in [-0.39, 0.29) is 0 Å². The van der Waals surface area contributed by atoms with Crippen molar-refractivity contribution in [2.75, 3.05) is 0 Å². The summed E-state index contributed by atoms with van der Waals surface area (Å²) < 4.78 is 7.67. The Kier molecular flexibility index (Phi) is 4.42. The lowest BCUT2D eigenvalue weighted by atomic mass is 10.2. The molecule has 0 radical (unpaired) electrons. The van der Waals surface area contributed by atoms with Crippen molar-refractivity contribution >= 4 is 15.9 Å². The second-order valence-electron chi connectivity index (χ2n) is 4.45. The number of alkyl halides is 1. The van der Waals surface area contributed by atoms with Gasteiger partial charge in [-0.25, -0.2) is 0 Å². The molecule has 3 nitrogen and oxygen atoms in total. The molecule has 2 aromatic rings. The molecular weight excluding hydrogens is 292 g/mol. The molecule has 0 aliphatic rings. The fraction of sp³-hybridized carbons (Fsp3) is 0.357. The third-order valence-electron chi connectivity index (χ3n) is 2.63. The van der Waals surface area contributed by atoms with Crippen molar-refractivity contribution in [2.24, 2.45) is 0 Å². The van der Waals surface area contributed by atoms with E-state index in [2.05, 4.69) is 40.9 Å². The third-order valence-corrected chi connectivity index (χ3v) is 3.28. The highest BCUT2D eigenvalue weighted by Gasteiger charge is 2.03. The van der Waals surface area contributed by atoms with Gasteiger partial charge in [0.25, 0.3) is 0 Å². The van der Waals surface area contributed by atoms with Gasteiger partial charge in [-0.3, -0.25) is 4.68 Å². The molecule has 0 aliphatic heterocycles. The first-order valence-electron chi connectivity index (χ1n) is 6.01. The van der Waals surface area contributed by atoms with E-state index < -0.39 is 0 Å². The van der Waals surface area contributed by atoms with Gasteiger partial charge in [0.1, 0.15) is 12.4 Å². The SMILES string of the molecule is CC(C)n1ccc(COc2cccc(CBr)c2)n1. The van der Waals surface area contributed by atoms with Crippen LogP contribution in [0.3, 0.4) is 0 Å². The molecule has 2 rings (SSSR count). The highest BCUT2D eigenvalue weighted by atomic mass is 79.9. The number of nitrogens with zero attached hydrogens (tertiary/aromatic N) is 2. The van der Waals surface area contributed by atoms with E-state index in [4.69, 9.17) is 4.74 Å². The molecule has 0 amide bonds. The smallest absolute Gasteiger partial charge is 0.132 e. The fourth-order valence-electron chi connectivity index (χ4n) is 1.62. The number of benzene rings is 1. The molecule has 96 valence electrons. The van der Waals surface area contributed by atoms with Gasteiger partial charge in [-0.2, -0.15) is 5.10 Å². The summed E-state index contributed by atoms with van der Waals surface area (Å²) >= 11 is 3.44. The summed E-state index contributed by atoms with van der Waals surface area (Å²) in [5.41, 5.74) is 2.16. The van der Waals surface area contributed by atoms with E-state index in [1.165, 1.54) is 5.56 Å². The summed E-state index contributed by atoms with van der Waals surface area (Å²) in [4.78, 5) is 0. The van der Waals surface area contributed by atoms with E-state index in [0.29, 0.717) is 12.6 Å². The van der Waals surface area contributed by atoms with E-state index in [1.807, 2.05) is 35.1 Å². The Hall–Kier alpha value is -1.29. The molecule has 0 bridgehead atoms. The number of rotatable bonds is 5. The van der Waals surface area contributed by atoms with Gasteiger partial charge in [0.15, 0.2) is 0 Å². The monoisotopic (exact) mass is 308 g/mol. The van der Waals surface area contributed by atoms with Crippen LogP contribution in [0, 0.1) is 0 Å². The van der Waals surface area contributed by atoms with Crippen LogP contribution in [-0.4, -0.2) is 9.78 Å². The highest BCUT2D eigenvalue weighted by molar-refractivity contribution is 9.08. The number of aromatic nitrogens is 2. The third kappa shape index (κ3) is 3.35. The van der Waals surface area contributed by atoms with Crippen molar-refractivity contribution in [3.05, 3.63) is 47.8 Å². The zero-order valence-electron chi connectivity index (χ0n) is 10.6. The van der Waals surface area contributed by atoms with E-state index in [0.717, 1.165) is 16.8 Å². The minimum atomic E-state index is 0.385. The Balaban J connectivity index is 1.97. The molecule has 0 fully saturated rings. The lowest BCUT2D eigenvalue weighted by Gasteiger charge is -2.06. The summed E-state index contributed by atoms with van der Waals surface area (Å²) in [6.45, 7) is 4.72. The molecule has 0 aliphatic carbocycles. The van der Waals surface area contributed by atoms with E-state index in [1.54, 1.807) is 0 Å². The van der Waals surface area contributed by atoms with Crippen LogP contribution >= 0.6 is 15.9 Å². The van der Waals surface area contributed by atoms with Crippen LogP contribution in [0.5, 0.6) is 5.75 Å². The van der Waals surface area contributed by atoms with Crippen LogP contribution < -0.4 is 4.74 Å². The van der Waals surface area contributed by atoms with Gasteiger partial charge >= 0.3 is 0 Å². The van der Waals surface area contributed by atoms with Crippen molar-refractivity contribution in [1.82, 2.24) is 9.78 Å². The molecule has 0 unspecified atom stereocenters. The van der Waals surface area contributed by atoms with Crippen LogP contribution in [0.15, 0.2) is 36.5 Å². The number of hydrogen-bond donors (Lipinski definition) is 0. The Morgan fingerprint density at radius 2 is 2.17 bits per heavy atom. The van der Waals surface area contributed by atoms with Crippen LogP contribution in [-0.2, 0) is 11.9 Å². The fourth-order valence-corrected chi connectivity index (χ4v) is 1.97. The normalized spacial score (nSPS) is 10.9. The summed E-state index contributed by atoms with van der Waals surface area (Å²) in [5, 5.41) is 5.29. The van der Waals surface area contributed by atoms with Gasteiger partial charge in [0.05, 0.1) is 5.69 Å². The van der Waals surface area contributed by atoms with Crippen molar-refractivity contribution < 1.29 is 4.74 Å². The lowest BCUT2D eigenvalue weighted by Crippen LogP contribution is -2.03. The first-order valence-corrected chi connectivity index (χ1v) is 7.13. The van der Waals surface area contributed by atoms with Crippen LogP contribution in [0.1, 0.15) is 31.1 Å². The molecule has 18 heavy (non-hydrogen) atoms. The molecule has 1 aromatic carbocycles. The van der Waals surface area contributed by atoms with Gasteiger partial charge in [-0.15, -0.1) is 0 Å². The van der Waals surface area contributed by atoms with Crippen LogP contribution in [0.4, 0.5) is 0 Å². The number of ether oxygens (including phenoxy) is 1. The zero-order valence-corrected chi connectivity index (χ0v) is 12.2. The molecular formula is C14H17BrN2O. The van der Waals surface area contributed by atoms with E-state index in [9.17, 15) is 0 Å². The van der Waals surface area contributed by atoms with Crippen molar-refractivity contribution in [3.8, 4) is 5.75 Å². The molecule has 0 spiro atoms. The predicted molar refractivity (Wildman–Crippen MR) is 76.0 cm³/mol. The summed E-state index contributed by atoms with van der Waals surface area (Å²) in [5.74, 6) is 0.881. The first-order chi connectivity index (χ1) is 8.69. The predicted octanol–water partition coefficient (Wildman–Crippen LogP) is 3.94. The molecule has 1 aromatic heterocycles. The average molecular weight is 309 g/mol. The van der Waals surface area contributed by atoms with Crippen molar-refractivity contribution in [2.45, 2.75) is 31.8 Å². The summed E-state index contributed by atoms with van der Waals surface area (Å²) in [6.07, 6.45) is 1.98. The Morgan fingerprint density at radius 1 is 1.33 bits per heavy atom. The topological polar surface area (TPSA) is 27.1 Å². The second-order valence-corrected chi connectivity index (χ2v) is 5.01. The molecule has 0 saturated heterocycles. The summed E-state index contributed by atoms with van der Waals surface area (Å²) in [6, 6.07) is 10.4. The minimum absolute atomic E-state index is 0.385. The lowest BCUT2D eigenvalue weighted by molar-refractivity contribution is 0.298.